The number of rotatable bonds is 6. The molecule has 0 unspecified atom stereocenters. The van der Waals surface area contributed by atoms with Crippen LogP contribution in [0, 0.1) is 20.8 Å². The van der Waals surface area contributed by atoms with Crippen LogP contribution in [0.15, 0.2) is 18.3 Å². The summed E-state index contributed by atoms with van der Waals surface area (Å²) in [4.78, 5) is 41.0. The van der Waals surface area contributed by atoms with Gasteiger partial charge in [0.1, 0.15) is 5.00 Å². The molecule has 0 aliphatic rings. The van der Waals surface area contributed by atoms with Crippen molar-refractivity contribution in [3.8, 4) is 0 Å². The third-order valence-corrected chi connectivity index (χ3v) is 4.72. The van der Waals surface area contributed by atoms with Gasteiger partial charge in [0.25, 0.3) is 5.91 Å². The molecule has 2 heterocycles. The van der Waals surface area contributed by atoms with E-state index in [-0.39, 0.29) is 12.2 Å². The van der Waals surface area contributed by atoms with Crippen LogP contribution in [0.1, 0.15) is 43.8 Å². The lowest BCUT2D eigenvalue weighted by atomic mass is 10.1. The fourth-order valence-corrected chi connectivity index (χ4v) is 3.19. The molecule has 0 atom stereocenters. The molecule has 0 bridgehead atoms. The fraction of sp³-hybridized carbons (Fsp3) is 0.333. The molecule has 138 valence electrons. The van der Waals surface area contributed by atoms with Crippen molar-refractivity contribution in [2.24, 2.45) is 0 Å². The number of pyridine rings is 1. The molecule has 2 aromatic heterocycles. The summed E-state index contributed by atoms with van der Waals surface area (Å²) in [5.41, 5.74) is 2.12. The Hall–Kier alpha value is -2.74. The Bertz CT molecular complexity index is 827. The minimum absolute atomic E-state index is 0.239. The lowest BCUT2D eigenvalue weighted by molar-refractivity contribution is -0.119. The summed E-state index contributed by atoms with van der Waals surface area (Å²) in [5.74, 6) is -1.67. The second-order valence-electron chi connectivity index (χ2n) is 5.52. The van der Waals surface area contributed by atoms with Gasteiger partial charge in [-0.3, -0.25) is 9.78 Å². The number of thiophene rings is 1. The average molecular weight is 376 g/mol. The van der Waals surface area contributed by atoms with E-state index in [1.54, 1.807) is 32.9 Å². The van der Waals surface area contributed by atoms with E-state index >= 15 is 0 Å². The average Bonchev–Trinajstić information content (AvgIpc) is 2.87. The summed E-state index contributed by atoms with van der Waals surface area (Å²) in [6, 6.07) is 3.26. The maximum atomic E-state index is 12.1. The van der Waals surface area contributed by atoms with Gasteiger partial charge in [-0.05, 0) is 45.4 Å². The molecule has 0 fully saturated rings. The Balaban J connectivity index is 2.01. The van der Waals surface area contributed by atoms with Gasteiger partial charge in [0.05, 0.1) is 17.7 Å². The van der Waals surface area contributed by atoms with Crippen LogP contribution in [0.2, 0.25) is 0 Å². The lowest BCUT2D eigenvalue weighted by Gasteiger charge is -2.08. The van der Waals surface area contributed by atoms with Gasteiger partial charge < -0.3 is 14.8 Å². The van der Waals surface area contributed by atoms with Crippen LogP contribution in [-0.4, -0.2) is 36.0 Å². The van der Waals surface area contributed by atoms with Crippen LogP contribution in [0.5, 0.6) is 0 Å². The smallest absolute Gasteiger partial charge is 0.341 e. The number of anilines is 1. The van der Waals surface area contributed by atoms with Crippen LogP contribution in [0.4, 0.5) is 5.00 Å². The predicted octanol–water partition coefficient (Wildman–Crippen LogP) is 3.04. The number of aryl methyl sites for hydroxylation is 2. The first-order valence-corrected chi connectivity index (χ1v) is 8.81. The standard InChI is InChI=1S/C18H20N2O5S/c1-5-24-18(23)15-11(3)12(4)26-16(15)20-14(21)9-25-17(22)13-7-6-10(2)19-8-13/h6-8H,5,9H2,1-4H3,(H,20,21). The maximum absolute atomic E-state index is 12.1. The molecule has 0 aromatic carbocycles. The quantitative estimate of drug-likeness (QED) is 0.779. The zero-order chi connectivity index (χ0) is 19.3. The Morgan fingerprint density at radius 1 is 1.12 bits per heavy atom. The molecular weight excluding hydrogens is 356 g/mol. The molecule has 0 radical (unpaired) electrons. The zero-order valence-corrected chi connectivity index (χ0v) is 15.9. The van der Waals surface area contributed by atoms with Gasteiger partial charge in [-0.1, -0.05) is 0 Å². The van der Waals surface area contributed by atoms with E-state index < -0.39 is 24.5 Å². The third-order valence-electron chi connectivity index (χ3n) is 3.60. The second kappa shape index (κ2) is 8.57. The summed E-state index contributed by atoms with van der Waals surface area (Å²) < 4.78 is 10.0. The molecule has 0 spiro atoms. The molecule has 7 nitrogen and oxygen atoms in total. The van der Waals surface area contributed by atoms with Crippen LogP contribution in [0.25, 0.3) is 0 Å². The maximum Gasteiger partial charge on any atom is 0.341 e. The molecule has 1 amide bonds. The van der Waals surface area contributed by atoms with Crippen molar-refractivity contribution in [1.82, 2.24) is 4.98 Å². The molecule has 2 rings (SSSR count). The van der Waals surface area contributed by atoms with Crippen molar-refractivity contribution in [3.63, 3.8) is 0 Å². The van der Waals surface area contributed by atoms with Gasteiger partial charge in [-0.15, -0.1) is 11.3 Å². The molecule has 0 saturated carbocycles. The number of aromatic nitrogens is 1. The number of amides is 1. The van der Waals surface area contributed by atoms with E-state index in [1.807, 2.05) is 6.92 Å². The normalized spacial score (nSPS) is 10.3. The first-order valence-electron chi connectivity index (χ1n) is 8.00. The van der Waals surface area contributed by atoms with E-state index in [0.29, 0.717) is 10.6 Å². The molecule has 0 saturated heterocycles. The largest absolute Gasteiger partial charge is 0.462 e. The number of nitrogens with zero attached hydrogens (tertiary/aromatic N) is 1. The molecule has 8 heteroatoms. The molecule has 1 N–H and O–H groups in total. The molecule has 26 heavy (non-hydrogen) atoms. The van der Waals surface area contributed by atoms with Gasteiger partial charge in [0.15, 0.2) is 6.61 Å². The summed E-state index contributed by atoms with van der Waals surface area (Å²) >= 11 is 1.27. The number of hydrogen-bond acceptors (Lipinski definition) is 7. The monoisotopic (exact) mass is 376 g/mol. The van der Waals surface area contributed by atoms with Crippen LogP contribution >= 0.6 is 11.3 Å². The summed E-state index contributed by atoms with van der Waals surface area (Å²) in [7, 11) is 0. The molecular formula is C18H20N2O5S. The minimum atomic E-state index is -0.642. The summed E-state index contributed by atoms with van der Waals surface area (Å²) in [6.45, 7) is 6.92. The van der Waals surface area contributed by atoms with Gasteiger partial charge in [-0.25, -0.2) is 9.59 Å². The molecule has 0 aliphatic carbocycles. The highest BCUT2D eigenvalue weighted by Crippen LogP contribution is 2.33. The SMILES string of the molecule is CCOC(=O)c1c(NC(=O)COC(=O)c2ccc(C)nc2)sc(C)c1C. The first kappa shape index (κ1) is 19.6. The predicted molar refractivity (Wildman–Crippen MR) is 97.6 cm³/mol. The van der Waals surface area contributed by atoms with Crippen LogP contribution in [-0.2, 0) is 14.3 Å². The van der Waals surface area contributed by atoms with Crippen molar-refractivity contribution >= 4 is 34.2 Å². The Labute approximate surface area is 155 Å². The Kier molecular flexibility index (Phi) is 6.46. The van der Waals surface area contributed by atoms with Gasteiger partial charge in [0, 0.05) is 16.8 Å². The second-order valence-corrected chi connectivity index (χ2v) is 6.75. The number of esters is 2. The molecule has 2 aromatic rings. The van der Waals surface area contributed by atoms with Gasteiger partial charge >= 0.3 is 11.9 Å². The third kappa shape index (κ3) is 4.66. The minimum Gasteiger partial charge on any atom is -0.462 e. The van der Waals surface area contributed by atoms with E-state index in [4.69, 9.17) is 9.47 Å². The van der Waals surface area contributed by atoms with E-state index in [0.717, 1.165) is 16.1 Å². The highest BCUT2D eigenvalue weighted by Gasteiger charge is 2.22. The van der Waals surface area contributed by atoms with Crippen molar-refractivity contribution in [2.45, 2.75) is 27.7 Å². The number of ether oxygens (including phenoxy) is 2. The topological polar surface area (TPSA) is 94.6 Å². The van der Waals surface area contributed by atoms with E-state index in [9.17, 15) is 14.4 Å². The highest BCUT2D eigenvalue weighted by molar-refractivity contribution is 7.16. The number of carbonyl (C=O) groups excluding carboxylic acids is 3. The number of carbonyl (C=O) groups is 3. The van der Waals surface area contributed by atoms with Crippen molar-refractivity contribution in [3.05, 3.63) is 45.6 Å². The van der Waals surface area contributed by atoms with Crippen LogP contribution < -0.4 is 5.32 Å². The summed E-state index contributed by atoms with van der Waals surface area (Å²) in [5, 5.41) is 3.00. The Morgan fingerprint density at radius 3 is 2.46 bits per heavy atom. The first-order chi connectivity index (χ1) is 12.3. The zero-order valence-electron chi connectivity index (χ0n) is 15.0. The summed E-state index contributed by atoms with van der Waals surface area (Å²) in [6.07, 6.45) is 1.39. The van der Waals surface area contributed by atoms with Gasteiger partial charge in [-0.2, -0.15) is 0 Å². The molecule has 0 aliphatic heterocycles. The highest BCUT2D eigenvalue weighted by atomic mass is 32.1. The number of nitrogens with one attached hydrogen (secondary N) is 1. The van der Waals surface area contributed by atoms with E-state index in [1.165, 1.54) is 17.5 Å². The number of hydrogen-bond donors (Lipinski definition) is 1. The van der Waals surface area contributed by atoms with Crippen molar-refractivity contribution < 1.29 is 23.9 Å². The van der Waals surface area contributed by atoms with Gasteiger partial charge in [0.2, 0.25) is 0 Å². The van der Waals surface area contributed by atoms with Crippen molar-refractivity contribution in [2.75, 3.05) is 18.5 Å². The lowest BCUT2D eigenvalue weighted by Crippen LogP contribution is -2.21. The fourth-order valence-electron chi connectivity index (χ4n) is 2.13. The van der Waals surface area contributed by atoms with E-state index in [2.05, 4.69) is 10.3 Å². The Morgan fingerprint density at radius 2 is 1.85 bits per heavy atom. The van der Waals surface area contributed by atoms with Crippen molar-refractivity contribution in [1.29, 1.82) is 0 Å². The van der Waals surface area contributed by atoms with Crippen LogP contribution in [0.3, 0.4) is 0 Å².